The Morgan fingerprint density at radius 2 is 1.95 bits per heavy atom. The van der Waals surface area contributed by atoms with Gasteiger partial charge in [0, 0.05) is 25.0 Å². The standard InChI is InChI=1S/C17H21N3O/c1-13(18)17(14-7-9-19-10-8-14)20-11-4-12-21-16-6-3-2-5-15(16)20/h2-3,5-10,13,17H,4,11-12,18H2,1H3. The highest BCUT2D eigenvalue weighted by atomic mass is 16.5. The molecule has 0 amide bonds. The van der Waals surface area contributed by atoms with E-state index in [2.05, 4.69) is 22.9 Å². The van der Waals surface area contributed by atoms with Crippen molar-refractivity contribution >= 4 is 5.69 Å². The van der Waals surface area contributed by atoms with Crippen LogP contribution < -0.4 is 15.4 Å². The zero-order valence-electron chi connectivity index (χ0n) is 12.3. The zero-order valence-corrected chi connectivity index (χ0v) is 12.3. The van der Waals surface area contributed by atoms with Crippen molar-refractivity contribution in [1.29, 1.82) is 0 Å². The number of pyridine rings is 1. The molecule has 4 nitrogen and oxygen atoms in total. The van der Waals surface area contributed by atoms with Gasteiger partial charge in [-0.2, -0.15) is 0 Å². The Morgan fingerprint density at radius 3 is 2.71 bits per heavy atom. The van der Waals surface area contributed by atoms with Crippen LogP contribution in [0.1, 0.15) is 24.9 Å². The number of anilines is 1. The van der Waals surface area contributed by atoms with Gasteiger partial charge in [0.2, 0.25) is 0 Å². The summed E-state index contributed by atoms with van der Waals surface area (Å²) in [5.74, 6) is 0.940. The molecule has 0 aliphatic carbocycles. The number of para-hydroxylation sites is 2. The molecular weight excluding hydrogens is 262 g/mol. The first-order valence-corrected chi connectivity index (χ1v) is 7.41. The summed E-state index contributed by atoms with van der Waals surface area (Å²) in [4.78, 5) is 6.47. The molecule has 110 valence electrons. The van der Waals surface area contributed by atoms with Crippen LogP contribution in [0.15, 0.2) is 48.8 Å². The first-order valence-electron chi connectivity index (χ1n) is 7.41. The Hall–Kier alpha value is -2.07. The summed E-state index contributed by atoms with van der Waals surface area (Å²) in [6.07, 6.45) is 4.64. The fourth-order valence-electron chi connectivity index (χ4n) is 2.97. The first-order chi connectivity index (χ1) is 10.3. The Kier molecular flexibility index (Phi) is 4.06. The van der Waals surface area contributed by atoms with Crippen LogP contribution in [0.2, 0.25) is 0 Å². The molecule has 1 aliphatic rings. The topological polar surface area (TPSA) is 51.4 Å². The first kappa shape index (κ1) is 13.9. The summed E-state index contributed by atoms with van der Waals surface area (Å²) < 4.78 is 5.85. The second-order valence-corrected chi connectivity index (χ2v) is 5.45. The van der Waals surface area contributed by atoms with Gasteiger partial charge >= 0.3 is 0 Å². The molecule has 0 fully saturated rings. The lowest BCUT2D eigenvalue weighted by atomic mass is 9.99. The highest BCUT2D eigenvalue weighted by Gasteiger charge is 2.27. The van der Waals surface area contributed by atoms with Gasteiger partial charge < -0.3 is 15.4 Å². The maximum atomic E-state index is 6.30. The summed E-state index contributed by atoms with van der Waals surface area (Å²) >= 11 is 0. The molecule has 2 unspecified atom stereocenters. The summed E-state index contributed by atoms with van der Waals surface area (Å²) in [6.45, 7) is 3.74. The molecule has 2 atom stereocenters. The van der Waals surface area contributed by atoms with Crippen molar-refractivity contribution < 1.29 is 4.74 Å². The van der Waals surface area contributed by atoms with Crippen LogP contribution in [0, 0.1) is 0 Å². The van der Waals surface area contributed by atoms with E-state index in [1.807, 2.05) is 42.7 Å². The second-order valence-electron chi connectivity index (χ2n) is 5.45. The minimum absolute atomic E-state index is 0.0126. The third kappa shape index (κ3) is 2.85. The van der Waals surface area contributed by atoms with Crippen LogP contribution in [0.4, 0.5) is 5.69 Å². The number of aromatic nitrogens is 1. The van der Waals surface area contributed by atoms with E-state index >= 15 is 0 Å². The summed E-state index contributed by atoms with van der Waals surface area (Å²) in [5.41, 5.74) is 8.62. The number of rotatable bonds is 3. The minimum Gasteiger partial charge on any atom is -0.491 e. The quantitative estimate of drug-likeness (QED) is 0.941. The Morgan fingerprint density at radius 1 is 1.19 bits per heavy atom. The lowest BCUT2D eigenvalue weighted by molar-refractivity contribution is 0.322. The molecule has 2 N–H and O–H groups in total. The van der Waals surface area contributed by atoms with Gasteiger partial charge in [0.15, 0.2) is 0 Å². The number of benzene rings is 1. The van der Waals surface area contributed by atoms with E-state index in [0.717, 1.165) is 31.0 Å². The molecule has 0 radical (unpaired) electrons. The molecule has 1 aromatic heterocycles. The number of hydrogen-bond donors (Lipinski definition) is 1. The third-order valence-corrected chi connectivity index (χ3v) is 3.86. The van der Waals surface area contributed by atoms with E-state index in [1.54, 1.807) is 0 Å². The number of fused-ring (bicyclic) bond motifs is 1. The van der Waals surface area contributed by atoms with Crippen LogP contribution in [-0.4, -0.2) is 24.2 Å². The number of ether oxygens (including phenoxy) is 1. The van der Waals surface area contributed by atoms with E-state index in [9.17, 15) is 0 Å². The number of hydrogen-bond acceptors (Lipinski definition) is 4. The lowest BCUT2D eigenvalue weighted by Crippen LogP contribution is -2.40. The van der Waals surface area contributed by atoms with Gasteiger partial charge in [-0.15, -0.1) is 0 Å². The maximum absolute atomic E-state index is 6.30. The summed E-state index contributed by atoms with van der Waals surface area (Å²) in [7, 11) is 0. The molecule has 2 heterocycles. The van der Waals surface area contributed by atoms with E-state index in [4.69, 9.17) is 10.5 Å². The van der Waals surface area contributed by atoms with Gasteiger partial charge in [-0.3, -0.25) is 4.98 Å². The lowest BCUT2D eigenvalue weighted by Gasteiger charge is -2.35. The Balaban J connectivity index is 2.03. The van der Waals surface area contributed by atoms with Crippen LogP contribution in [-0.2, 0) is 0 Å². The smallest absolute Gasteiger partial charge is 0.142 e. The van der Waals surface area contributed by atoms with Crippen LogP contribution in [0.25, 0.3) is 0 Å². The molecule has 4 heteroatoms. The van der Waals surface area contributed by atoms with Crippen molar-refractivity contribution in [2.24, 2.45) is 5.73 Å². The second kappa shape index (κ2) is 6.14. The van der Waals surface area contributed by atoms with Crippen molar-refractivity contribution in [1.82, 2.24) is 4.98 Å². The zero-order chi connectivity index (χ0) is 14.7. The Labute approximate surface area is 125 Å². The van der Waals surface area contributed by atoms with Gasteiger partial charge in [0.1, 0.15) is 5.75 Å². The maximum Gasteiger partial charge on any atom is 0.142 e. The number of nitrogens with zero attached hydrogens (tertiary/aromatic N) is 2. The average molecular weight is 283 g/mol. The van der Waals surface area contributed by atoms with Crippen molar-refractivity contribution in [2.75, 3.05) is 18.1 Å². The van der Waals surface area contributed by atoms with E-state index in [-0.39, 0.29) is 12.1 Å². The van der Waals surface area contributed by atoms with Crippen molar-refractivity contribution in [2.45, 2.75) is 25.4 Å². The van der Waals surface area contributed by atoms with E-state index < -0.39 is 0 Å². The largest absolute Gasteiger partial charge is 0.491 e. The van der Waals surface area contributed by atoms with E-state index in [1.165, 1.54) is 5.56 Å². The molecule has 1 aromatic carbocycles. The monoisotopic (exact) mass is 283 g/mol. The van der Waals surface area contributed by atoms with Crippen molar-refractivity contribution in [3.05, 3.63) is 54.4 Å². The molecule has 3 rings (SSSR count). The van der Waals surface area contributed by atoms with Gasteiger partial charge in [0.25, 0.3) is 0 Å². The number of nitrogens with two attached hydrogens (primary N) is 1. The van der Waals surface area contributed by atoms with Gasteiger partial charge in [0.05, 0.1) is 18.3 Å². The van der Waals surface area contributed by atoms with Crippen LogP contribution in [0.5, 0.6) is 5.75 Å². The molecule has 0 saturated carbocycles. The van der Waals surface area contributed by atoms with Gasteiger partial charge in [-0.05, 0) is 43.2 Å². The molecule has 0 spiro atoms. The molecule has 2 aromatic rings. The third-order valence-electron chi connectivity index (χ3n) is 3.86. The average Bonchev–Trinajstić information content (AvgIpc) is 2.71. The molecule has 21 heavy (non-hydrogen) atoms. The minimum atomic E-state index is 0.0126. The fraction of sp³-hybridized carbons (Fsp3) is 0.353. The van der Waals surface area contributed by atoms with Crippen LogP contribution >= 0.6 is 0 Å². The summed E-state index contributed by atoms with van der Waals surface area (Å²) in [6, 6.07) is 12.4. The van der Waals surface area contributed by atoms with Gasteiger partial charge in [-0.25, -0.2) is 0 Å². The molecule has 0 bridgehead atoms. The highest BCUT2D eigenvalue weighted by molar-refractivity contribution is 5.60. The highest BCUT2D eigenvalue weighted by Crippen LogP contribution is 2.37. The Bertz CT molecular complexity index is 586. The predicted octanol–water partition coefficient (Wildman–Crippen LogP) is 2.76. The predicted molar refractivity (Wildman–Crippen MR) is 84.5 cm³/mol. The molecule has 0 saturated heterocycles. The molecule has 1 aliphatic heterocycles. The molecular formula is C17H21N3O. The van der Waals surface area contributed by atoms with E-state index in [0.29, 0.717) is 0 Å². The fourth-order valence-corrected chi connectivity index (χ4v) is 2.97. The van der Waals surface area contributed by atoms with Crippen molar-refractivity contribution in [3.8, 4) is 5.75 Å². The SMILES string of the molecule is CC(N)C(c1ccncc1)N1CCCOc2ccccc21. The summed E-state index contributed by atoms with van der Waals surface area (Å²) in [5, 5.41) is 0. The van der Waals surface area contributed by atoms with Crippen LogP contribution in [0.3, 0.4) is 0 Å². The van der Waals surface area contributed by atoms with Gasteiger partial charge in [-0.1, -0.05) is 12.1 Å². The normalized spacial score (nSPS) is 17.3. The van der Waals surface area contributed by atoms with Crippen molar-refractivity contribution in [3.63, 3.8) is 0 Å².